The average Bonchev–Trinajstić information content (AvgIpc) is 2.97. The second-order valence-corrected chi connectivity index (χ2v) is 5.92. The number of fused-ring (bicyclic) bond motifs is 2. The lowest BCUT2D eigenvalue weighted by atomic mass is 9.97. The van der Waals surface area contributed by atoms with Crippen molar-refractivity contribution in [2.45, 2.75) is 6.92 Å². The van der Waals surface area contributed by atoms with Crippen molar-refractivity contribution in [2.24, 2.45) is 0 Å². The Balaban J connectivity index is 2.14. The lowest BCUT2D eigenvalue weighted by Gasteiger charge is -2.12. The van der Waals surface area contributed by atoms with Gasteiger partial charge < -0.3 is 9.14 Å². The molecule has 3 heteroatoms. The van der Waals surface area contributed by atoms with E-state index in [9.17, 15) is 4.79 Å². The van der Waals surface area contributed by atoms with Gasteiger partial charge in [0.25, 0.3) is 0 Å². The van der Waals surface area contributed by atoms with E-state index in [1.54, 1.807) is 7.11 Å². The van der Waals surface area contributed by atoms with E-state index >= 15 is 0 Å². The molecule has 0 amide bonds. The molecule has 0 saturated heterocycles. The summed E-state index contributed by atoms with van der Waals surface area (Å²) in [7, 11) is 1.66. The van der Waals surface area contributed by atoms with Crippen LogP contribution in [-0.2, 0) is 0 Å². The fourth-order valence-electron chi connectivity index (χ4n) is 3.33. The van der Waals surface area contributed by atoms with Gasteiger partial charge in [-0.3, -0.25) is 4.79 Å². The summed E-state index contributed by atoms with van der Waals surface area (Å²) in [6.45, 7) is 2.05. The summed E-state index contributed by atoms with van der Waals surface area (Å²) >= 11 is 0. The van der Waals surface area contributed by atoms with Crippen molar-refractivity contribution < 1.29 is 9.53 Å². The minimum absolute atomic E-state index is 0.639. The smallest absolute Gasteiger partial charge is 0.167 e. The molecule has 118 valence electrons. The van der Waals surface area contributed by atoms with Gasteiger partial charge in [-0.1, -0.05) is 30.3 Å². The Labute approximate surface area is 140 Å². The number of hydrogen-bond donors (Lipinski definition) is 0. The molecule has 0 saturated carbocycles. The van der Waals surface area contributed by atoms with Gasteiger partial charge in [-0.25, -0.2) is 0 Å². The van der Waals surface area contributed by atoms with Crippen LogP contribution in [0, 0.1) is 6.92 Å². The maximum Gasteiger partial charge on any atom is 0.167 e. The Morgan fingerprint density at radius 2 is 1.88 bits per heavy atom. The number of pyridine rings is 1. The number of aromatic nitrogens is 1. The molecule has 0 aliphatic carbocycles. The first kappa shape index (κ1) is 14.5. The number of carbonyl (C=O) groups excluding carboxylic acids is 1. The summed E-state index contributed by atoms with van der Waals surface area (Å²) in [6.07, 6.45) is 2.86. The molecule has 24 heavy (non-hydrogen) atoms. The number of nitrogens with zero attached hydrogens (tertiary/aromatic N) is 1. The number of hydrogen-bond acceptors (Lipinski definition) is 2. The number of aryl methyl sites for hydroxylation is 1. The van der Waals surface area contributed by atoms with Gasteiger partial charge in [0.05, 0.1) is 12.8 Å². The third kappa shape index (κ3) is 2.09. The molecular weight excluding hydrogens is 298 g/mol. The van der Waals surface area contributed by atoms with Crippen LogP contribution < -0.4 is 4.74 Å². The highest BCUT2D eigenvalue weighted by Crippen LogP contribution is 2.39. The number of rotatable bonds is 3. The van der Waals surface area contributed by atoms with Gasteiger partial charge in [0.2, 0.25) is 0 Å². The summed E-state index contributed by atoms with van der Waals surface area (Å²) in [4.78, 5) is 11.8. The van der Waals surface area contributed by atoms with Crippen LogP contribution in [-0.4, -0.2) is 17.8 Å². The van der Waals surface area contributed by atoms with Crippen molar-refractivity contribution in [3.8, 4) is 16.9 Å². The molecule has 0 radical (unpaired) electrons. The fraction of sp³-hybridized carbons (Fsp3) is 0.0952. The van der Waals surface area contributed by atoms with Crippen LogP contribution in [0.3, 0.4) is 0 Å². The molecule has 0 unspecified atom stereocenters. The van der Waals surface area contributed by atoms with Crippen LogP contribution in [0.15, 0.2) is 60.8 Å². The lowest BCUT2D eigenvalue weighted by Crippen LogP contribution is -1.95. The Kier molecular flexibility index (Phi) is 3.35. The number of methoxy groups -OCH3 is 1. The summed E-state index contributed by atoms with van der Waals surface area (Å²) in [5.74, 6) is 0.768. The van der Waals surface area contributed by atoms with E-state index in [1.165, 1.54) is 0 Å². The van der Waals surface area contributed by atoms with Crippen molar-refractivity contribution in [2.75, 3.05) is 7.11 Å². The molecule has 0 fully saturated rings. The van der Waals surface area contributed by atoms with Crippen molar-refractivity contribution in [3.63, 3.8) is 0 Å². The molecule has 3 nitrogen and oxygen atoms in total. The zero-order valence-electron chi connectivity index (χ0n) is 13.6. The van der Waals surface area contributed by atoms with Gasteiger partial charge in [-0.05, 0) is 47.5 Å². The number of ether oxygens (including phenoxy) is 1. The SMILES string of the molecule is COc1ccc2ccccc2c1-c1cc2cc(C)ccn2c1C=O. The topological polar surface area (TPSA) is 30.7 Å². The third-order valence-electron chi connectivity index (χ3n) is 4.46. The van der Waals surface area contributed by atoms with Gasteiger partial charge in [0.1, 0.15) is 5.75 Å². The summed E-state index contributed by atoms with van der Waals surface area (Å²) in [5, 5.41) is 2.20. The summed E-state index contributed by atoms with van der Waals surface area (Å²) in [5.41, 5.74) is 4.65. The van der Waals surface area contributed by atoms with Gasteiger partial charge in [-0.2, -0.15) is 0 Å². The second kappa shape index (κ2) is 5.53. The second-order valence-electron chi connectivity index (χ2n) is 5.92. The van der Waals surface area contributed by atoms with Crippen LogP contribution in [0.1, 0.15) is 16.1 Å². The predicted octanol–water partition coefficient (Wildman–Crippen LogP) is 4.89. The third-order valence-corrected chi connectivity index (χ3v) is 4.46. The van der Waals surface area contributed by atoms with Gasteiger partial charge in [0.15, 0.2) is 6.29 Å². The highest BCUT2D eigenvalue weighted by molar-refractivity contribution is 6.04. The molecule has 0 spiro atoms. The van der Waals surface area contributed by atoms with E-state index in [0.29, 0.717) is 5.69 Å². The first-order chi connectivity index (χ1) is 11.7. The molecule has 2 heterocycles. The van der Waals surface area contributed by atoms with Crippen LogP contribution in [0.4, 0.5) is 0 Å². The quantitative estimate of drug-likeness (QED) is 0.504. The molecule has 0 N–H and O–H groups in total. The minimum Gasteiger partial charge on any atom is -0.496 e. The highest BCUT2D eigenvalue weighted by atomic mass is 16.5. The largest absolute Gasteiger partial charge is 0.496 e. The number of benzene rings is 2. The van der Waals surface area contributed by atoms with Crippen LogP contribution in [0.5, 0.6) is 5.75 Å². The van der Waals surface area contributed by atoms with E-state index in [1.807, 2.05) is 47.9 Å². The predicted molar refractivity (Wildman–Crippen MR) is 97.0 cm³/mol. The van der Waals surface area contributed by atoms with E-state index < -0.39 is 0 Å². The Morgan fingerprint density at radius 1 is 1.04 bits per heavy atom. The molecule has 4 aromatic rings. The maximum absolute atomic E-state index is 11.8. The Morgan fingerprint density at radius 3 is 2.67 bits per heavy atom. The molecule has 0 bridgehead atoms. The van der Waals surface area contributed by atoms with Gasteiger partial charge in [-0.15, -0.1) is 0 Å². The zero-order chi connectivity index (χ0) is 16.7. The van der Waals surface area contributed by atoms with E-state index in [0.717, 1.165) is 45.0 Å². The highest BCUT2D eigenvalue weighted by Gasteiger charge is 2.17. The standard InChI is InChI=1S/C21H17NO2/c1-14-9-10-22-16(11-14)12-18(19(22)13-23)21-17-6-4-3-5-15(17)7-8-20(21)24-2/h3-13H,1-2H3. The van der Waals surface area contributed by atoms with Gasteiger partial charge >= 0.3 is 0 Å². The van der Waals surface area contributed by atoms with Crippen LogP contribution >= 0.6 is 0 Å². The molecule has 0 atom stereocenters. The van der Waals surface area contributed by atoms with Crippen LogP contribution in [0.2, 0.25) is 0 Å². The van der Waals surface area contributed by atoms with E-state index in [4.69, 9.17) is 4.74 Å². The first-order valence-electron chi connectivity index (χ1n) is 7.86. The molecule has 2 aromatic carbocycles. The fourth-order valence-corrected chi connectivity index (χ4v) is 3.33. The zero-order valence-corrected chi connectivity index (χ0v) is 13.6. The van der Waals surface area contributed by atoms with E-state index in [2.05, 4.69) is 24.3 Å². The molecular formula is C21H17NO2. The lowest BCUT2D eigenvalue weighted by molar-refractivity contribution is 0.111. The normalized spacial score (nSPS) is 11.1. The maximum atomic E-state index is 11.8. The summed E-state index contributed by atoms with van der Waals surface area (Å²) < 4.78 is 7.53. The minimum atomic E-state index is 0.639. The molecule has 0 aliphatic heterocycles. The molecule has 2 aromatic heterocycles. The molecule has 4 rings (SSSR count). The van der Waals surface area contributed by atoms with Gasteiger partial charge in [0, 0.05) is 22.8 Å². The van der Waals surface area contributed by atoms with Crippen molar-refractivity contribution >= 4 is 22.6 Å². The van der Waals surface area contributed by atoms with Crippen molar-refractivity contribution in [1.82, 2.24) is 4.40 Å². The Hall–Kier alpha value is -3.07. The number of carbonyl (C=O) groups is 1. The Bertz CT molecular complexity index is 1080. The first-order valence-corrected chi connectivity index (χ1v) is 7.86. The molecule has 0 aliphatic rings. The van der Waals surface area contributed by atoms with E-state index in [-0.39, 0.29) is 0 Å². The summed E-state index contributed by atoms with van der Waals surface area (Å²) in [6, 6.07) is 18.3. The van der Waals surface area contributed by atoms with Crippen molar-refractivity contribution in [3.05, 3.63) is 72.1 Å². The van der Waals surface area contributed by atoms with Crippen LogP contribution in [0.25, 0.3) is 27.4 Å². The average molecular weight is 315 g/mol. The number of aldehydes is 1. The monoisotopic (exact) mass is 315 g/mol. The van der Waals surface area contributed by atoms with Crippen molar-refractivity contribution in [1.29, 1.82) is 0 Å².